The number of hydrogen-bond donors (Lipinski definition) is 0. The molecular formula is C15H15NO. The Kier molecular flexibility index (Phi) is 3.24. The third-order valence-corrected chi connectivity index (χ3v) is 2.64. The number of fused-ring (bicyclic) bond motifs is 1. The van der Waals surface area contributed by atoms with E-state index in [4.69, 9.17) is 0 Å². The molecule has 86 valence electrons. The van der Waals surface area contributed by atoms with E-state index in [1.165, 1.54) is 5.39 Å². The molecule has 17 heavy (non-hydrogen) atoms. The number of nitrogens with zero attached hydrogens (tertiary/aromatic N) is 1. The molecule has 0 aliphatic heterocycles. The standard InChI is InChI=1S/C15H15NO/c1-3-10-16-14(9-8-12(2)17)11-13-6-4-5-7-15(13)16/h3-9,11H,1,10H2,2H3. The summed E-state index contributed by atoms with van der Waals surface area (Å²) in [5.41, 5.74) is 2.19. The Bertz CT molecular complexity index is 590. The van der Waals surface area contributed by atoms with Crippen molar-refractivity contribution in [3.05, 3.63) is 54.8 Å². The molecule has 2 nitrogen and oxygen atoms in total. The van der Waals surface area contributed by atoms with Crippen LogP contribution in [0.2, 0.25) is 0 Å². The lowest BCUT2D eigenvalue weighted by molar-refractivity contribution is -0.112. The molecule has 0 spiro atoms. The Balaban J connectivity index is 2.56. The summed E-state index contributed by atoms with van der Waals surface area (Å²) >= 11 is 0. The van der Waals surface area contributed by atoms with Crippen LogP contribution in [0.3, 0.4) is 0 Å². The van der Waals surface area contributed by atoms with Gasteiger partial charge in [-0.3, -0.25) is 4.79 Å². The van der Waals surface area contributed by atoms with Gasteiger partial charge in [-0.1, -0.05) is 24.3 Å². The quantitative estimate of drug-likeness (QED) is 0.577. The first-order valence-corrected chi connectivity index (χ1v) is 5.60. The number of benzene rings is 1. The summed E-state index contributed by atoms with van der Waals surface area (Å²) in [5, 5.41) is 1.18. The molecule has 1 aromatic carbocycles. The van der Waals surface area contributed by atoms with Crippen LogP contribution in [0.4, 0.5) is 0 Å². The molecule has 0 unspecified atom stereocenters. The first kappa shape index (κ1) is 11.4. The number of para-hydroxylation sites is 1. The van der Waals surface area contributed by atoms with Crippen LogP contribution in [0.15, 0.2) is 49.1 Å². The van der Waals surface area contributed by atoms with Gasteiger partial charge in [0.1, 0.15) is 0 Å². The van der Waals surface area contributed by atoms with E-state index in [1.807, 2.05) is 24.3 Å². The number of rotatable bonds is 4. The third kappa shape index (κ3) is 2.36. The van der Waals surface area contributed by atoms with Crippen molar-refractivity contribution in [2.45, 2.75) is 13.5 Å². The molecule has 0 atom stereocenters. The summed E-state index contributed by atoms with van der Waals surface area (Å²) in [6, 6.07) is 10.3. The molecule has 0 N–H and O–H groups in total. The second kappa shape index (κ2) is 4.83. The van der Waals surface area contributed by atoms with E-state index in [0.717, 1.165) is 17.8 Å². The molecule has 2 aromatic rings. The number of aromatic nitrogens is 1. The Labute approximate surface area is 101 Å². The maximum absolute atomic E-state index is 11.0. The molecule has 1 aromatic heterocycles. The zero-order valence-corrected chi connectivity index (χ0v) is 9.89. The lowest BCUT2D eigenvalue weighted by Crippen LogP contribution is -1.97. The van der Waals surface area contributed by atoms with Crippen molar-refractivity contribution in [3.63, 3.8) is 0 Å². The molecule has 2 heteroatoms. The van der Waals surface area contributed by atoms with Gasteiger partial charge < -0.3 is 4.57 Å². The predicted molar refractivity (Wildman–Crippen MR) is 71.9 cm³/mol. The molecule has 0 saturated carbocycles. The molecule has 0 aliphatic carbocycles. The molecular weight excluding hydrogens is 210 g/mol. The lowest BCUT2D eigenvalue weighted by Gasteiger charge is -2.04. The fourth-order valence-electron chi connectivity index (χ4n) is 1.91. The fraction of sp³-hybridized carbons (Fsp3) is 0.133. The lowest BCUT2D eigenvalue weighted by atomic mass is 10.2. The van der Waals surface area contributed by atoms with Gasteiger partial charge in [-0.05, 0) is 31.2 Å². The molecule has 0 radical (unpaired) electrons. The van der Waals surface area contributed by atoms with Gasteiger partial charge >= 0.3 is 0 Å². The summed E-state index contributed by atoms with van der Waals surface area (Å²) < 4.78 is 2.14. The zero-order chi connectivity index (χ0) is 12.3. The minimum atomic E-state index is 0.0559. The second-order valence-electron chi connectivity index (χ2n) is 3.97. The van der Waals surface area contributed by atoms with Crippen LogP contribution in [0, 0.1) is 0 Å². The van der Waals surface area contributed by atoms with Crippen molar-refractivity contribution < 1.29 is 4.79 Å². The highest BCUT2D eigenvalue weighted by Crippen LogP contribution is 2.20. The van der Waals surface area contributed by atoms with E-state index in [0.29, 0.717) is 0 Å². The van der Waals surface area contributed by atoms with E-state index < -0.39 is 0 Å². The van der Waals surface area contributed by atoms with Crippen LogP contribution >= 0.6 is 0 Å². The van der Waals surface area contributed by atoms with Crippen molar-refractivity contribution in [2.75, 3.05) is 0 Å². The van der Waals surface area contributed by atoms with Gasteiger partial charge in [0.05, 0.1) is 0 Å². The van der Waals surface area contributed by atoms with Crippen LogP contribution in [0.25, 0.3) is 17.0 Å². The summed E-state index contributed by atoms with van der Waals surface area (Å²) in [7, 11) is 0. The Morgan fingerprint density at radius 3 is 2.88 bits per heavy atom. The average molecular weight is 225 g/mol. The van der Waals surface area contributed by atoms with Gasteiger partial charge in [0, 0.05) is 23.1 Å². The van der Waals surface area contributed by atoms with Gasteiger partial charge in [0.15, 0.2) is 5.78 Å². The Morgan fingerprint density at radius 1 is 1.41 bits per heavy atom. The fourth-order valence-corrected chi connectivity index (χ4v) is 1.91. The van der Waals surface area contributed by atoms with E-state index in [-0.39, 0.29) is 5.78 Å². The summed E-state index contributed by atoms with van der Waals surface area (Å²) in [6.07, 6.45) is 5.30. The van der Waals surface area contributed by atoms with E-state index >= 15 is 0 Å². The number of carbonyl (C=O) groups excluding carboxylic acids is 1. The predicted octanol–water partition coefficient (Wildman–Crippen LogP) is 3.43. The number of hydrogen-bond acceptors (Lipinski definition) is 1. The highest BCUT2D eigenvalue weighted by atomic mass is 16.1. The smallest absolute Gasteiger partial charge is 0.152 e. The van der Waals surface area contributed by atoms with Gasteiger partial charge in [0.25, 0.3) is 0 Å². The molecule has 0 aliphatic rings. The number of allylic oxidation sites excluding steroid dienone is 2. The first-order chi connectivity index (χ1) is 8.22. The van der Waals surface area contributed by atoms with Gasteiger partial charge in [-0.15, -0.1) is 6.58 Å². The molecule has 0 amide bonds. The zero-order valence-electron chi connectivity index (χ0n) is 9.89. The highest BCUT2D eigenvalue weighted by molar-refractivity contribution is 5.92. The average Bonchev–Trinajstić information content (AvgIpc) is 2.66. The summed E-state index contributed by atoms with van der Waals surface area (Å²) in [4.78, 5) is 11.0. The second-order valence-corrected chi connectivity index (χ2v) is 3.97. The maximum atomic E-state index is 11.0. The van der Waals surface area contributed by atoms with Crippen molar-refractivity contribution in [1.82, 2.24) is 4.57 Å². The molecule has 0 saturated heterocycles. The van der Waals surface area contributed by atoms with Crippen molar-refractivity contribution in [3.8, 4) is 0 Å². The van der Waals surface area contributed by atoms with E-state index in [9.17, 15) is 4.79 Å². The van der Waals surface area contributed by atoms with Crippen molar-refractivity contribution in [1.29, 1.82) is 0 Å². The summed E-state index contributed by atoms with van der Waals surface area (Å²) in [5.74, 6) is 0.0559. The number of carbonyl (C=O) groups is 1. The van der Waals surface area contributed by atoms with Crippen LogP contribution in [0.5, 0.6) is 0 Å². The monoisotopic (exact) mass is 225 g/mol. The van der Waals surface area contributed by atoms with Crippen LogP contribution < -0.4 is 0 Å². The van der Waals surface area contributed by atoms with Gasteiger partial charge in [0.2, 0.25) is 0 Å². The van der Waals surface area contributed by atoms with Gasteiger partial charge in [-0.25, -0.2) is 0 Å². The number of ketones is 1. The topological polar surface area (TPSA) is 22.0 Å². The SMILES string of the molecule is C=CCn1c(C=CC(C)=O)cc2ccccc21. The van der Waals surface area contributed by atoms with Crippen LogP contribution in [0.1, 0.15) is 12.6 Å². The molecule has 0 bridgehead atoms. The minimum Gasteiger partial charge on any atom is -0.337 e. The minimum absolute atomic E-state index is 0.0559. The highest BCUT2D eigenvalue weighted by Gasteiger charge is 2.04. The van der Waals surface area contributed by atoms with Crippen molar-refractivity contribution >= 4 is 22.8 Å². The third-order valence-electron chi connectivity index (χ3n) is 2.64. The Morgan fingerprint density at radius 2 is 2.18 bits per heavy atom. The largest absolute Gasteiger partial charge is 0.337 e. The van der Waals surface area contributed by atoms with Gasteiger partial charge in [-0.2, -0.15) is 0 Å². The first-order valence-electron chi connectivity index (χ1n) is 5.60. The maximum Gasteiger partial charge on any atom is 0.152 e. The normalized spacial score (nSPS) is 11.1. The van der Waals surface area contributed by atoms with Crippen molar-refractivity contribution in [2.24, 2.45) is 0 Å². The molecule has 0 fully saturated rings. The van der Waals surface area contributed by atoms with Crippen LogP contribution in [-0.4, -0.2) is 10.4 Å². The van der Waals surface area contributed by atoms with E-state index in [1.54, 1.807) is 13.0 Å². The van der Waals surface area contributed by atoms with E-state index in [2.05, 4.69) is 29.3 Å². The van der Waals surface area contributed by atoms with Crippen LogP contribution in [-0.2, 0) is 11.3 Å². The molecule has 1 heterocycles. The Hall–Kier alpha value is -2.09. The molecule has 2 rings (SSSR count). The summed E-state index contributed by atoms with van der Waals surface area (Å²) in [6.45, 7) is 6.06.